The molecule has 0 spiro atoms. The number of hydrogen-bond donors (Lipinski definition) is 1. The highest BCUT2D eigenvalue weighted by Gasteiger charge is 2.19. The first-order valence-electron chi connectivity index (χ1n) is 9.22. The molecule has 1 N–H and O–H groups in total. The Bertz CT molecular complexity index is 974. The molecule has 0 unspecified atom stereocenters. The number of aromatic nitrogens is 2. The fraction of sp³-hybridized carbons (Fsp3) is 0.286. The fourth-order valence-electron chi connectivity index (χ4n) is 3.48. The first kappa shape index (κ1) is 17.3. The molecule has 0 aliphatic carbocycles. The van der Waals surface area contributed by atoms with Gasteiger partial charge in [0.15, 0.2) is 5.82 Å². The number of rotatable bonds is 4. The molecule has 3 aromatic rings. The highest BCUT2D eigenvalue weighted by atomic mass is 16.1. The van der Waals surface area contributed by atoms with Crippen LogP contribution in [0.1, 0.15) is 23.2 Å². The average molecular weight is 361 g/mol. The van der Waals surface area contributed by atoms with Gasteiger partial charge in [-0.1, -0.05) is 36.4 Å². The molecular formula is C21H23N5O. The third-order valence-electron chi connectivity index (χ3n) is 4.85. The van der Waals surface area contributed by atoms with Crippen molar-refractivity contribution in [3.8, 4) is 0 Å². The molecule has 1 fully saturated rings. The van der Waals surface area contributed by atoms with Crippen molar-refractivity contribution >= 4 is 34.1 Å². The molecule has 1 aliphatic rings. The highest BCUT2D eigenvalue weighted by molar-refractivity contribution is 6.13. The zero-order valence-electron chi connectivity index (χ0n) is 15.6. The van der Waals surface area contributed by atoms with Gasteiger partial charge in [-0.05, 0) is 29.7 Å². The summed E-state index contributed by atoms with van der Waals surface area (Å²) in [5.41, 5.74) is 1.25. The lowest BCUT2D eigenvalue weighted by Gasteiger charge is -2.21. The topological polar surface area (TPSA) is 61.4 Å². The second-order valence-electron chi connectivity index (χ2n) is 6.98. The summed E-state index contributed by atoms with van der Waals surface area (Å²) < 4.78 is 0. The zero-order chi connectivity index (χ0) is 18.8. The van der Waals surface area contributed by atoms with Crippen LogP contribution in [0.15, 0.2) is 48.7 Å². The van der Waals surface area contributed by atoms with E-state index < -0.39 is 0 Å². The number of amides is 1. The number of benzene rings is 2. The van der Waals surface area contributed by atoms with E-state index in [4.69, 9.17) is 0 Å². The Kier molecular flexibility index (Phi) is 4.62. The number of carbonyl (C=O) groups excluding carboxylic acids is 1. The van der Waals surface area contributed by atoms with Gasteiger partial charge in [0, 0.05) is 32.7 Å². The van der Waals surface area contributed by atoms with E-state index in [9.17, 15) is 4.79 Å². The molecule has 2 aromatic carbocycles. The van der Waals surface area contributed by atoms with E-state index in [1.165, 1.54) is 12.8 Å². The van der Waals surface area contributed by atoms with E-state index in [-0.39, 0.29) is 5.91 Å². The Balaban J connectivity index is 1.65. The monoisotopic (exact) mass is 361 g/mol. The summed E-state index contributed by atoms with van der Waals surface area (Å²) in [5.74, 6) is 1.27. The zero-order valence-corrected chi connectivity index (χ0v) is 15.6. The summed E-state index contributed by atoms with van der Waals surface area (Å²) in [4.78, 5) is 26.2. The van der Waals surface area contributed by atoms with Crippen LogP contribution < -0.4 is 15.1 Å². The lowest BCUT2D eigenvalue weighted by Crippen LogP contribution is -2.23. The molecule has 1 saturated heterocycles. The Morgan fingerprint density at radius 2 is 1.81 bits per heavy atom. The van der Waals surface area contributed by atoms with Crippen LogP contribution >= 0.6 is 0 Å². The lowest BCUT2D eigenvalue weighted by molar-refractivity contribution is 0.102. The van der Waals surface area contributed by atoms with Crippen molar-refractivity contribution in [2.24, 2.45) is 0 Å². The quantitative estimate of drug-likeness (QED) is 0.770. The van der Waals surface area contributed by atoms with Gasteiger partial charge in [0.25, 0.3) is 5.91 Å². The molecule has 0 atom stereocenters. The Morgan fingerprint density at radius 3 is 2.59 bits per heavy atom. The van der Waals surface area contributed by atoms with Gasteiger partial charge in [-0.2, -0.15) is 4.98 Å². The number of nitrogens with zero attached hydrogens (tertiary/aromatic N) is 4. The van der Waals surface area contributed by atoms with Crippen molar-refractivity contribution in [3.63, 3.8) is 0 Å². The van der Waals surface area contributed by atoms with Crippen LogP contribution in [0.2, 0.25) is 0 Å². The first-order valence-corrected chi connectivity index (χ1v) is 9.22. The molecule has 4 rings (SSSR count). The Morgan fingerprint density at radius 1 is 1.07 bits per heavy atom. The molecule has 0 bridgehead atoms. The molecule has 6 heteroatoms. The van der Waals surface area contributed by atoms with Crippen molar-refractivity contribution in [2.45, 2.75) is 12.8 Å². The van der Waals surface area contributed by atoms with Crippen LogP contribution in [0.4, 0.5) is 17.5 Å². The van der Waals surface area contributed by atoms with Crippen LogP contribution in [0.25, 0.3) is 10.8 Å². The smallest absolute Gasteiger partial charge is 0.256 e. The Labute approximate surface area is 158 Å². The van der Waals surface area contributed by atoms with Crippen LogP contribution in [-0.4, -0.2) is 43.1 Å². The molecule has 138 valence electrons. The number of nitrogens with one attached hydrogen (secondary N) is 1. The number of fused-ring (bicyclic) bond motifs is 1. The van der Waals surface area contributed by atoms with Crippen molar-refractivity contribution in [2.75, 3.05) is 42.3 Å². The average Bonchev–Trinajstić information content (AvgIpc) is 3.22. The third kappa shape index (κ3) is 3.43. The van der Waals surface area contributed by atoms with E-state index in [1.807, 2.05) is 61.5 Å². The molecule has 0 radical (unpaired) electrons. The predicted molar refractivity (Wildman–Crippen MR) is 110 cm³/mol. The van der Waals surface area contributed by atoms with Crippen LogP contribution in [0.3, 0.4) is 0 Å². The SMILES string of the molecule is CN(C)c1nc(N2CCCC2)ncc1NC(=O)c1cccc2ccccc12. The Hall–Kier alpha value is -3.15. The van der Waals surface area contributed by atoms with E-state index in [0.717, 1.165) is 29.8 Å². The summed E-state index contributed by atoms with van der Waals surface area (Å²) >= 11 is 0. The lowest BCUT2D eigenvalue weighted by atomic mass is 10.0. The summed E-state index contributed by atoms with van der Waals surface area (Å²) in [5, 5.41) is 4.96. The van der Waals surface area contributed by atoms with Gasteiger partial charge in [-0.3, -0.25) is 4.79 Å². The van der Waals surface area contributed by atoms with Crippen molar-refractivity contribution in [1.82, 2.24) is 9.97 Å². The van der Waals surface area contributed by atoms with Gasteiger partial charge in [-0.25, -0.2) is 4.98 Å². The van der Waals surface area contributed by atoms with Gasteiger partial charge < -0.3 is 15.1 Å². The van der Waals surface area contributed by atoms with E-state index in [2.05, 4.69) is 20.2 Å². The standard InChI is InChI=1S/C21H23N5O/c1-25(2)19-18(14-22-21(24-19)26-12-5-6-13-26)23-20(27)17-11-7-9-15-8-3-4-10-16(15)17/h3-4,7-11,14H,5-6,12-13H2,1-2H3,(H,23,27). The van der Waals surface area contributed by atoms with Crippen molar-refractivity contribution < 1.29 is 4.79 Å². The van der Waals surface area contributed by atoms with Crippen molar-refractivity contribution in [3.05, 3.63) is 54.2 Å². The van der Waals surface area contributed by atoms with Crippen LogP contribution in [0.5, 0.6) is 0 Å². The van der Waals surface area contributed by atoms with E-state index in [0.29, 0.717) is 17.1 Å². The third-order valence-corrected chi connectivity index (χ3v) is 4.85. The summed E-state index contributed by atoms with van der Waals surface area (Å²) in [6.07, 6.45) is 4.04. The summed E-state index contributed by atoms with van der Waals surface area (Å²) in [7, 11) is 3.84. The molecule has 0 saturated carbocycles. The molecule has 6 nitrogen and oxygen atoms in total. The number of carbonyl (C=O) groups is 1. The molecule has 1 aliphatic heterocycles. The maximum absolute atomic E-state index is 12.9. The second-order valence-corrected chi connectivity index (χ2v) is 6.98. The minimum atomic E-state index is -0.160. The van der Waals surface area contributed by atoms with Gasteiger partial charge in [0.05, 0.1) is 6.20 Å². The molecule has 1 aromatic heterocycles. The summed E-state index contributed by atoms with van der Waals surface area (Å²) in [6.45, 7) is 1.96. The second kappa shape index (κ2) is 7.23. The largest absolute Gasteiger partial charge is 0.361 e. The number of anilines is 3. The molecular weight excluding hydrogens is 338 g/mol. The molecule has 27 heavy (non-hydrogen) atoms. The van der Waals surface area contributed by atoms with Gasteiger partial charge in [-0.15, -0.1) is 0 Å². The normalized spacial score (nSPS) is 13.8. The first-order chi connectivity index (χ1) is 13.1. The van der Waals surface area contributed by atoms with Gasteiger partial charge >= 0.3 is 0 Å². The minimum Gasteiger partial charge on any atom is -0.361 e. The molecule has 2 heterocycles. The minimum absolute atomic E-state index is 0.160. The summed E-state index contributed by atoms with van der Waals surface area (Å²) in [6, 6.07) is 13.6. The highest BCUT2D eigenvalue weighted by Crippen LogP contribution is 2.27. The van der Waals surface area contributed by atoms with Crippen LogP contribution in [-0.2, 0) is 0 Å². The van der Waals surface area contributed by atoms with E-state index >= 15 is 0 Å². The van der Waals surface area contributed by atoms with E-state index in [1.54, 1.807) is 6.20 Å². The number of hydrogen-bond acceptors (Lipinski definition) is 5. The van der Waals surface area contributed by atoms with Gasteiger partial charge in [0.2, 0.25) is 5.95 Å². The maximum Gasteiger partial charge on any atom is 0.256 e. The predicted octanol–water partition coefficient (Wildman–Crippen LogP) is 3.55. The fourth-order valence-corrected chi connectivity index (χ4v) is 3.48. The van der Waals surface area contributed by atoms with Crippen LogP contribution in [0, 0.1) is 0 Å². The van der Waals surface area contributed by atoms with Crippen molar-refractivity contribution in [1.29, 1.82) is 0 Å². The molecule has 1 amide bonds. The maximum atomic E-state index is 12.9. The van der Waals surface area contributed by atoms with Gasteiger partial charge in [0.1, 0.15) is 5.69 Å².